The van der Waals surface area contributed by atoms with Crippen LogP contribution >= 0.6 is 0 Å². The van der Waals surface area contributed by atoms with Crippen molar-refractivity contribution < 1.29 is 0 Å². The smallest absolute Gasteiger partial charge is 0.0702 e. The van der Waals surface area contributed by atoms with Crippen molar-refractivity contribution in [3.05, 3.63) is 632 Å². The van der Waals surface area contributed by atoms with Gasteiger partial charge < -0.3 is 19.6 Å². The van der Waals surface area contributed by atoms with Crippen molar-refractivity contribution in [3.63, 3.8) is 0 Å². The number of benzene rings is 20. The Kier molecular flexibility index (Phi) is 29.8. The monoisotopic (exact) mass is 1900 g/mol. The molecule has 8 heteroatoms. The van der Waals surface area contributed by atoms with E-state index in [2.05, 4.69) is 598 Å². The van der Waals surface area contributed by atoms with Gasteiger partial charge in [0.2, 0.25) is 0 Å². The second-order valence-corrected chi connectivity index (χ2v) is 35.6. The molecule has 24 aromatic rings. The summed E-state index contributed by atoms with van der Waals surface area (Å²) in [4.78, 5) is 27.0. The van der Waals surface area contributed by atoms with Crippen LogP contribution in [0.1, 0.15) is 0 Å². The number of hydrogen-bond acceptors (Lipinski definition) is 8. The van der Waals surface area contributed by atoms with Crippen LogP contribution in [0.4, 0.5) is 68.2 Å². The van der Waals surface area contributed by atoms with Crippen LogP contribution in [0.3, 0.4) is 0 Å². The molecular formula is C140H104N8. The highest BCUT2D eigenvalue weighted by Crippen LogP contribution is 2.49. The van der Waals surface area contributed by atoms with Gasteiger partial charge in [-0.3, -0.25) is 19.9 Å². The molecule has 0 unspecified atom stereocenters. The number of nitrogens with zero attached hydrogens (tertiary/aromatic N) is 8. The fourth-order valence-corrected chi connectivity index (χ4v) is 19.0. The molecular weight excluding hydrogens is 1790 g/mol. The van der Waals surface area contributed by atoms with Crippen LogP contribution in [0.25, 0.3) is 134 Å². The Bertz CT molecular complexity index is 7950. The first kappa shape index (κ1) is 94.4. The highest BCUT2D eigenvalue weighted by molar-refractivity contribution is 5.97. The lowest BCUT2D eigenvalue weighted by Gasteiger charge is -2.30. The van der Waals surface area contributed by atoms with Gasteiger partial charge in [-0.25, -0.2) is 0 Å². The first-order valence-corrected chi connectivity index (χ1v) is 49.9. The molecule has 4 aromatic heterocycles. The molecule has 0 radical (unpaired) electrons. The third kappa shape index (κ3) is 22.5. The van der Waals surface area contributed by atoms with E-state index in [9.17, 15) is 0 Å². The maximum atomic E-state index is 4.59. The summed E-state index contributed by atoms with van der Waals surface area (Å²) in [5.74, 6) is 0. The molecule has 0 fully saturated rings. The maximum absolute atomic E-state index is 4.59. The average molecular weight is 1900 g/mol. The molecule has 0 aliphatic heterocycles. The van der Waals surface area contributed by atoms with E-state index in [1.165, 1.54) is 89.0 Å². The third-order valence-corrected chi connectivity index (χ3v) is 26.2. The van der Waals surface area contributed by atoms with Crippen molar-refractivity contribution in [2.45, 2.75) is 0 Å². The Balaban J connectivity index is 0.000000116. The minimum absolute atomic E-state index is 0.958. The van der Waals surface area contributed by atoms with E-state index in [0.717, 1.165) is 113 Å². The molecule has 0 N–H and O–H groups in total. The van der Waals surface area contributed by atoms with Gasteiger partial charge >= 0.3 is 0 Å². The highest BCUT2D eigenvalue weighted by atomic mass is 15.2. The first-order valence-electron chi connectivity index (χ1n) is 49.9. The molecule has 148 heavy (non-hydrogen) atoms. The molecule has 0 saturated carbocycles. The predicted molar refractivity (Wildman–Crippen MR) is 621 cm³/mol. The third-order valence-electron chi connectivity index (χ3n) is 26.2. The number of rotatable bonds is 24. The van der Waals surface area contributed by atoms with E-state index < -0.39 is 0 Å². The Morgan fingerprint density at radius 1 is 0.115 bits per heavy atom. The average Bonchev–Trinajstić information content (AvgIpc) is 0.831. The fourth-order valence-electron chi connectivity index (χ4n) is 19.0. The standard InChI is InChI=1S/C36H27N.2C35H26N2.C34H25N3/c1-4-11-28(12-5-1)31-19-23-34(24-20-31)37(35-25-21-32(22-26-35)29-13-6-2-7-14-29)36-18-10-17-33(27-36)30-15-8-3-9-16-30;1-3-12-28(13-4-1)32-18-7-9-20-34(32)37(31-17-11-16-30(26-31)27-22-24-36-25-23-27)35-21-10-8-19-33(35)29-14-5-2-6-15-29;1-3-12-27(13-4-1)28-21-23-31(24-22-28)37(32-17-11-16-30(26-32)34-19-9-10-25-36-34)35-20-8-7-18-33(35)29-14-5-2-6-15-29;1-2-10-26(11-3-1)32-15-4-5-17-34(32)37(30-20-18-27(19-21-30)33-16-6-7-23-36-33)31-14-8-12-28(24-31)29-13-9-22-35-25-29/h1-27H;2*1-26H;1-25H. The summed E-state index contributed by atoms with van der Waals surface area (Å²) in [6.45, 7) is 0. The van der Waals surface area contributed by atoms with Gasteiger partial charge in [0.25, 0.3) is 0 Å². The predicted octanol–water partition coefficient (Wildman–Crippen LogP) is 38.2. The second-order valence-electron chi connectivity index (χ2n) is 35.6. The molecule has 0 aliphatic rings. The zero-order chi connectivity index (χ0) is 99.5. The van der Waals surface area contributed by atoms with E-state index >= 15 is 0 Å². The lowest BCUT2D eigenvalue weighted by Crippen LogP contribution is -2.12. The largest absolute Gasteiger partial charge is 0.310 e. The molecule has 0 aliphatic carbocycles. The molecule has 24 rings (SSSR count). The topological polar surface area (TPSA) is 64.5 Å². The van der Waals surface area contributed by atoms with Gasteiger partial charge in [0.1, 0.15) is 0 Å². The Hall–Kier alpha value is -19.8. The molecule has 0 amide bonds. The van der Waals surface area contributed by atoms with E-state index in [1.807, 2.05) is 67.4 Å². The van der Waals surface area contributed by atoms with Crippen molar-refractivity contribution >= 4 is 68.2 Å². The fraction of sp³-hybridized carbons (Fsp3) is 0. The molecule has 0 bridgehead atoms. The van der Waals surface area contributed by atoms with Crippen molar-refractivity contribution in [1.82, 2.24) is 19.9 Å². The van der Waals surface area contributed by atoms with Crippen LogP contribution in [-0.2, 0) is 0 Å². The van der Waals surface area contributed by atoms with Gasteiger partial charge in [-0.15, -0.1) is 0 Å². The van der Waals surface area contributed by atoms with Crippen LogP contribution in [0.5, 0.6) is 0 Å². The molecule has 704 valence electrons. The number of para-hydroxylation sites is 4. The summed E-state index contributed by atoms with van der Waals surface area (Å²) in [7, 11) is 0. The summed E-state index contributed by atoms with van der Waals surface area (Å²) in [5, 5.41) is 0. The zero-order valence-corrected chi connectivity index (χ0v) is 81.6. The lowest BCUT2D eigenvalue weighted by atomic mass is 9.98. The number of pyridine rings is 4. The quantitative estimate of drug-likeness (QED) is 0.0593. The van der Waals surface area contributed by atoms with Gasteiger partial charge in [-0.1, -0.05) is 431 Å². The van der Waals surface area contributed by atoms with Crippen LogP contribution < -0.4 is 19.6 Å². The van der Waals surface area contributed by atoms with Crippen molar-refractivity contribution in [2.24, 2.45) is 0 Å². The van der Waals surface area contributed by atoms with Gasteiger partial charge in [0, 0.05) is 122 Å². The molecule has 0 atom stereocenters. The highest BCUT2D eigenvalue weighted by Gasteiger charge is 2.25. The van der Waals surface area contributed by atoms with E-state index in [0.29, 0.717) is 0 Å². The van der Waals surface area contributed by atoms with Crippen LogP contribution in [0.2, 0.25) is 0 Å². The molecule has 20 aromatic carbocycles. The zero-order valence-electron chi connectivity index (χ0n) is 81.6. The maximum Gasteiger partial charge on any atom is 0.0702 e. The minimum Gasteiger partial charge on any atom is -0.310 e. The van der Waals surface area contributed by atoms with Gasteiger partial charge in [-0.2, -0.15) is 0 Å². The Morgan fingerprint density at radius 2 is 0.351 bits per heavy atom. The number of hydrogen-bond donors (Lipinski definition) is 0. The summed E-state index contributed by atoms with van der Waals surface area (Å²) in [6.07, 6.45) is 11.1. The van der Waals surface area contributed by atoms with Crippen molar-refractivity contribution in [3.8, 4) is 134 Å². The minimum atomic E-state index is 0.958. The molecule has 0 saturated heterocycles. The van der Waals surface area contributed by atoms with Crippen LogP contribution in [0.15, 0.2) is 632 Å². The Labute approximate surface area is 867 Å². The van der Waals surface area contributed by atoms with Gasteiger partial charge in [0.05, 0.1) is 34.1 Å². The van der Waals surface area contributed by atoms with Gasteiger partial charge in [0.15, 0.2) is 0 Å². The lowest BCUT2D eigenvalue weighted by molar-refractivity contribution is 1.27. The van der Waals surface area contributed by atoms with Crippen molar-refractivity contribution in [1.29, 1.82) is 0 Å². The van der Waals surface area contributed by atoms with Crippen molar-refractivity contribution in [2.75, 3.05) is 19.6 Å². The van der Waals surface area contributed by atoms with Gasteiger partial charge in [-0.05, 0) is 247 Å². The normalized spacial score (nSPS) is 10.7. The summed E-state index contributed by atoms with van der Waals surface area (Å²) < 4.78 is 0. The summed E-state index contributed by atoms with van der Waals surface area (Å²) >= 11 is 0. The molecule has 0 spiro atoms. The SMILES string of the molecule is c1ccc(-c2ccc(N(c3ccc(-c4ccccc4)cc3)c3cccc(-c4ccccc4)c3)cc2)cc1.c1ccc(-c2ccc(N(c3cccc(-c4ccccn4)c3)c3ccccc3-c3ccccc3)cc2)cc1.c1ccc(-c2ccccc2N(c2ccc(-c3ccccn3)cc2)c2cccc(-c3cccnc3)c2)cc1.c1ccc(-c2ccccc2N(c2cccc(-c3ccncc3)c2)c2ccccc2-c2ccccc2)cc1. The number of anilines is 12. The number of aromatic nitrogens is 4. The van der Waals surface area contributed by atoms with E-state index in [1.54, 1.807) is 6.20 Å². The van der Waals surface area contributed by atoms with Crippen LogP contribution in [-0.4, -0.2) is 19.9 Å². The summed E-state index contributed by atoms with van der Waals surface area (Å²) in [6, 6.07) is 209. The van der Waals surface area contributed by atoms with E-state index in [-0.39, 0.29) is 0 Å². The van der Waals surface area contributed by atoms with Crippen LogP contribution in [0, 0.1) is 0 Å². The summed E-state index contributed by atoms with van der Waals surface area (Å²) in [5.41, 5.74) is 41.0. The molecule has 4 heterocycles. The molecule has 8 nitrogen and oxygen atoms in total. The second kappa shape index (κ2) is 46.7. The Morgan fingerprint density at radius 3 is 0.682 bits per heavy atom. The van der Waals surface area contributed by atoms with E-state index in [4.69, 9.17) is 0 Å². The first-order chi connectivity index (χ1) is 73.5.